The van der Waals surface area contributed by atoms with Gasteiger partial charge in [-0.05, 0) is 0 Å². The predicted octanol–water partition coefficient (Wildman–Crippen LogP) is -1.15. The first-order chi connectivity index (χ1) is 4.00. The second-order valence-corrected chi connectivity index (χ2v) is 0. The molecule has 0 aliphatic rings. The number of hydrogen-bond donors (Lipinski definition) is 0. The standard InChI is InChI=1S/3B.5Cr. The molecule has 0 aromatic carbocycles. The van der Waals surface area contributed by atoms with Gasteiger partial charge in [0.05, 0.1) is 0 Å². The molecule has 0 aliphatic carbocycles. The van der Waals surface area contributed by atoms with Gasteiger partial charge >= 0.3 is 93.3 Å². The van der Waals surface area contributed by atoms with Crippen molar-refractivity contribution in [2.75, 3.05) is 0 Å². The Balaban J connectivity index is -0.0000000133. The van der Waals surface area contributed by atoms with Crippen molar-refractivity contribution in [2.24, 2.45) is 0 Å². The Hall–Kier alpha value is 2.86. The van der Waals surface area contributed by atoms with E-state index in [9.17, 15) is 0 Å². The van der Waals surface area contributed by atoms with Gasteiger partial charge in [-0.3, -0.25) is 0 Å². The molecule has 0 aromatic rings. The fourth-order valence-electron chi connectivity index (χ4n) is 0. The summed E-state index contributed by atoms with van der Waals surface area (Å²) in [7, 11) is 0. The van der Waals surface area contributed by atoms with Crippen molar-refractivity contribution in [3.8, 4) is 0 Å². The van der Waals surface area contributed by atoms with E-state index in [0.29, 0.717) is 0 Å². The summed E-state index contributed by atoms with van der Waals surface area (Å²) in [5.74, 6) is 0. The Labute approximate surface area is 91.9 Å². The first-order valence-electron chi connectivity index (χ1n) is 0.874. The fourth-order valence-corrected chi connectivity index (χ4v) is 0. The SMILES string of the molecule is [B]=[Cr].[B]=[Cr].[B]=[Cr].[Cr]=[Cr]. The third-order valence-corrected chi connectivity index (χ3v) is 0. The Kier molecular flexibility index (Phi) is 266. The molecule has 39 valence electrons. The molecule has 0 fully saturated rings. The number of hydrogen-bond acceptors (Lipinski definition) is 0. The van der Waals surface area contributed by atoms with E-state index in [1.54, 1.807) is 0 Å². The van der Waals surface area contributed by atoms with Gasteiger partial charge in [-0.1, -0.05) is 0 Å². The molecule has 0 bridgehead atoms. The Morgan fingerprint density at radius 2 is 0.500 bits per heavy atom. The molecule has 0 unspecified atom stereocenters. The Morgan fingerprint density at radius 1 is 0.500 bits per heavy atom. The van der Waals surface area contributed by atoms with Crippen LogP contribution in [0.25, 0.3) is 0 Å². The van der Waals surface area contributed by atoms with Crippen LogP contribution in [0.4, 0.5) is 0 Å². The second-order valence-electron chi connectivity index (χ2n) is 0. The van der Waals surface area contributed by atoms with Gasteiger partial charge in [-0.25, -0.2) is 0 Å². The zero-order chi connectivity index (χ0) is 8.00. The molecule has 0 atom stereocenters. The third kappa shape index (κ3) is 67.0. The Morgan fingerprint density at radius 3 is 0.500 bits per heavy atom. The predicted molar refractivity (Wildman–Crippen MR) is 17.3 cm³/mol. The van der Waals surface area contributed by atoms with Crippen LogP contribution in [0.1, 0.15) is 0 Å². The Bertz CT molecular complexity index is 15.6. The monoisotopic (exact) mass is 293 g/mol. The van der Waals surface area contributed by atoms with Gasteiger partial charge in [-0.2, -0.15) is 0 Å². The van der Waals surface area contributed by atoms with Gasteiger partial charge in [0.1, 0.15) is 0 Å². The van der Waals surface area contributed by atoms with Crippen molar-refractivity contribution in [3.63, 3.8) is 0 Å². The van der Waals surface area contributed by atoms with Gasteiger partial charge in [0.15, 0.2) is 0 Å². The molecule has 8 heavy (non-hydrogen) atoms. The molecule has 0 aliphatic heterocycles. The zero-order valence-corrected chi connectivity index (χ0v) is 10.1. The van der Waals surface area contributed by atoms with E-state index in [-0.39, 0.29) is 0 Å². The minimum absolute atomic E-state index is 2.12. The molecule has 0 aromatic heterocycles. The maximum absolute atomic E-state index is 4.38. The molecular weight excluding hydrogens is 292 g/mol. The molecule has 0 nitrogen and oxygen atoms in total. The van der Waals surface area contributed by atoms with Crippen LogP contribution >= 0.6 is 0 Å². The van der Waals surface area contributed by atoms with Gasteiger partial charge in [0, 0.05) is 0 Å². The molecule has 0 saturated carbocycles. The van der Waals surface area contributed by atoms with Crippen LogP contribution in [0, 0.1) is 0 Å². The van der Waals surface area contributed by atoms with E-state index in [1.165, 1.54) is 0 Å². The van der Waals surface area contributed by atoms with Crippen molar-refractivity contribution in [1.29, 1.82) is 0 Å². The van der Waals surface area contributed by atoms with Crippen LogP contribution in [-0.2, 0) is 74.7 Å². The molecular formula is B3Cr5. The third-order valence-electron chi connectivity index (χ3n) is 0. The first kappa shape index (κ1) is 22.4. The van der Waals surface area contributed by atoms with Crippen molar-refractivity contribution < 1.29 is 74.7 Å². The molecule has 0 saturated heterocycles. The molecule has 8 heteroatoms. The summed E-state index contributed by atoms with van der Waals surface area (Å²) < 4.78 is 0. The van der Waals surface area contributed by atoms with Gasteiger partial charge in [-0.15, -0.1) is 0 Å². The summed E-state index contributed by atoms with van der Waals surface area (Å²) >= 11 is 11.4. The van der Waals surface area contributed by atoms with E-state index in [4.69, 9.17) is 0 Å². The average molecular weight is 292 g/mol. The van der Waals surface area contributed by atoms with Crippen molar-refractivity contribution >= 4 is 18.6 Å². The normalized spacial score (nSPS) is 1.62. The van der Waals surface area contributed by atoms with Crippen molar-refractivity contribution in [1.82, 2.24) is 0 Å². The molecule has 0 spiro atoms. The van der Waals surface area contributed by atoms with Crippen LogP contribution in [-0.4, -0.2) is 18.6 Å². The maximum atomic E-state index is 4.38. The molecule has 3 radical (unpaired) electrons. The quantitative estimate of drug-likeness (QED) is 0.495. The van der Waals surface area contributed by atoms with Gasteiger partial charge in [0.25, 0.3) is 0 Å². The molecule has 0 amide bonds. The summed E-state index contributed by atoms with van der Waals surface area (Å²) in [5, 5.41) is 0. The van der Waals surface area contributed by atoms with Gasteiger partial charge < -0.3 is 0 Å². The first-order valence-corrected chi connectivity index (χ1v) is 5.75. The van der Waals surface area contributed by atoms with E-state index in [2.05, 4.69) is 93.3 Å². The van der Waals surface area contributed by atoms with Crippen LogP contribution in [0.3, 0.4) is 0 Å². The number of rotatable bonds is 0. The summed E-state index contributed by atoms with van der Waals surface area (Å²) in [5.41, 5.74) is 0. The van der Waals surface area contributed by atoms with E-state index in [1.807, 2.05) is 0 Å². The van der Waals surface area contributed by atoms with E-state index < -0.39 is 0 Å². The van der Waals surface area contributed by atoms with Crippen LogP contribution in [0.2, 0.25) is 0 Å². The van der Waals surface area contributed by atoms with Crippen LogP contribution in [0.5, 0.6) is 0 Å². The molecule has 0 heterocycles. The fraction of sp³-hybridized carbons (Fsp3) is 0. The average Bonchev–Trinajstić information content (AvgIpc) is 2.03. The van der Waals surface area contributed by atoms with E-state index >= 15 is 0 Å². The van der Waals surface area contributed by atoms with Crippen LogP contribution in [0.15, 0.2) is 0 Å². The zero-order valence-electron chi connectivity index (χ0n) is 3.77. The molecule has 0 rings (SSSR count). The van der Waals surface area contributed by atoms with Crippen molar-refractivity contribution in [3.05, 3.63) is 0 Å². The molecule has 0 N–H and O–H groups in total. The van der Waals surface area contributed by atoms with E-state index in [0.717, 1.165) is 0 Å². The summed E-state index contributed by atoms with van der Waals surface area (Å²) in [6, 6.07) is 0. The van der Waals surface area contributed by atoms with Gasteiger partial charge in [0.2, 0.25) is 0 Å². The minimum atomic E-state index is 2.12. The summed E-state index contributed by atoms with van der Waals surface area (Å²) in [6.45, 7) is 0. The summed E-state index contributed by atoms with van der Waals surface area (Å²) in [6.07, 6.45) is 13.1. The van der Waals surface area contributed by atoms with Crippen molar-refractivity contribution in [2.45, 2.75) is 0 Å². The second kappa shape index (κ2) is 94.7. The topological polar surface area (TPSA) is 0 Å². The van der Waals surface area contributed by atoms with Crippen LogP contribution < -0.4 is 0 Å². The summed E-state index contributed by atoms with van der Waals surface area (Å²) in [4.78, 5) is 0.